The molecule has 0 radical (unpaired) electrons. The van der Waals surface area contributed by atoms with Crippen LogP contribution in [0.2, 0.25) is 0 Å². The Morgan fingerprint density at radius 2 is 1.38 bits per heavy atom. The second-order valence-corrected chi connectivity index (χ2v) is 22.7. The lowest BCUT2D eigenvalue weighted by molar-refractivity contribution is -0.382. The fraction of sp³-hybridized carbons (Fsp3) is 0.788. The van der Waals surface area contributed by atoms with E-state index >= 15 is 4.79 Å². The molecule has 0 unspecified atom stereocenters. The minimum absolute atomic E-state index is 0.0212. The standard InChI is InChI=1S/C52H86N12O27/c1-19(42(53)78)58-45(81)26-10-7-13-64(26)47(83)24(9-6-12-57-51(54)55)61-46(82)32(63-44(80)25(14-31(72)73)62-43(79)23-8-5-11-56-23)20(2)86-48-34(60-22(4)69)39(36(75)29(17-66)87-48)89-49-38(77)41(37(76)30(18-67)88-49)91-52(50(84)85)15-27(70)33(59-21(3)68)40(90-52)35(74)28(71)16-65/h19-20,23-30,32-41,48-49,56,65-67,70-71,74-77H,5-18H2,1-4H3,(H2,53,78)(H,58,81)(H,59,68)(H,60,69)(H,61,82)(H,62,79)(H,63,80)(H,72,73)(H,84,85)(H4,54,55,57)/t19-,20+,23-,24-,25-,26-,27-,28+,29+,30+,32-,33+,34+,35+,36-,37-,38+,39+,40+,41-,48-,49-,52-/m0/s1. The van der Waals surface area contributed by atoms with Crippen molar-refractivity contribution in [2.75, 3.05) is 39.5 Å². The molecule has 5 rings (SSSR count). The smallest absolute Gasteiger partial charge is 0.364 e. The Labute approximate surface area is 519 Å². The lowest BCUT2D eigenvalue weighted by atomic mass is 9.88. The highest BCUT2D eigenvalue weighted by molar-refractivity contribution is 5.98. The van der Waals surface area contributed by atoms with Crippen molar-refractivity contribution >= 4 is 65.2 Å². The molecule has 91 heavy (non-hydrogen) atoms. The second kappa shape index (κ2) is 33.8. The van der Waals surface area contributed by atoms with E-state index in [-0.39, 0.29) is 44.7 Å². The highest BCUT2D eigenvalue weighted by atomic mass is 16.8. The minimum atomic E-state index is -3.25. The van der Waals surface area contributed by atoms with Gasteiger partial charge in [-0.2, -0.15) is 0 Å². The van der Waals surface area contributed by atoms with Crippen LogP contribution in [0.25, 0.3) is 0 Å². The quantitative estimate of drug-likeness (QED) is 0.0174. The molecule has 0 aromatic rings. The van der Waals surface area contributed by atoms with E-state index in [1.54, 1.807) is 0 Å². The molecule has 24 N–H and O–H groups in total. The number of nitrogens with zero attached hydrogens (tertiary/aromatic N) is 2. The van der Waals surface area contributed by atoms with Crippen LogP contribution in [-0.2, 0) is 76.4 Å². The van der Waals surface area contributed by atoms with Gasteiger partial charge in [-0.05, 0) is 58.9 Å². The van der Waals surface area contributed by atoms with Gasteiger partial charge in [0.05, 0.1) is 50.5 Å². The average Bonchev–Trinajstić information content (AvgIpc) is 1.11. The number of aliphatic hydroxyl groups excluding tert-OH is 9. The molecular weight excluding hydrogens is 1220 g/mol. The number of hydrogen-bond donors (Lipinski definition) is 21. The van der Waals surface area contributed by atoms with Gasteiger partial charge < -0.3 is 144 Å². The maximum Gasteiger partial charge on any atom is 0.364 e. The Morgan fingerprint density at radius 1 is 0.758 bits per heavy atom. The number of carbonyl (C=O) groups excluding carboxylic acids is 8. The monoisotopic (exact) mass is 1310 g/mol. The van der Waals surface area contributed by atoms with E-state index in [0.717, 1.165) is 25.7 Å². The fourth-order valence-electron chi connectivity index (χ4n) is 11.1. The topological polar surface area (TPSA) is 626 Å². The predicted octanol–water partition coefficient (Wildman–Crippen LogP) is -12.0. The van der Waals surface area contributed by atoms with Crippen molar-refractivity contribution in [3.8, 4) is 0 Å². The number of carboxylic acids is 2. The summed E-state index contributed by atoms with van der Waals surface area (Å²) in [6.45, 7) is 1.19. The summed E-state index contributed by atoms with van der Waals surface area (Å²) in [5.41, 5.74) is 16.4. The number of amides is 8. The molecule has 0 bridgehead atoms. The highest BCUT2D eigenvalue weighted by Gasteiger charge is 2.61. The van der Waals surface area contributed by atoms with Gasteiger partial charge >= 0.3 is 11.9 Å². The van der Waals surface area contributed by atoms with Gasteiger partial charge in [-0.15, -0.1) is 0 Å². The van der Waals surface area contributed by atoms with Crippen molar-refractivity contribution in [3.63, 3.8) is 0 Å². The molecule has 5 heterocycles. The molecule has 5 saturated heterocycles. The van der Waals surface area contributed by atoms with Gasteiger partial charge in [0.2, 0.25) is 47.3 Å². The Morgan fingerprint density at radius 3 is 1.95 bits per heavy atom. The molecule has 5 fully saturated rings. The van der Waals surface area contributed by atoms with Crippen LogP contribution in [0.4, 0.5) is 0 Å². The fourth-order valence-corrected chi connectivity index (χ4v) is 11.1. The average molecular weight is 1310 g/mol. The summed E-state index contributed by atoms with van der Waals surface area (Å²) in [7, 11) is 0. The van der Waals surface area contributed by atoms with E-state index < -0.39 is 232 Å². The zero-order chi connectivity index (χ0) is 67.9. The Hall–Kier alpha value is -6.67. The van der Waals surface area contributed by atoms with Crippen LogP contribution in [-0.4, -0.2) is 306 Å². The Bertz CT molecular complexity index is 2590. The highest BCUT2D eigenvalue weighted by Crippen LogP contribution is 2.39. The van der Waals surface area contributed by atoms with E-state index in [0.29, 0.717) is 19.4 Å². The molecule has 5 aliphatic rings. The second-order valence-electron chi connectivity index (χ2n) is 22.7. The van der Waals surface area contributed by atoms with Crippen LogP contribution in [0.5, 0.6) is 0 Å². The van der Waals surface area contributed by atoms with E-state index in [1.165, 1.54) is 6.92 Å². The molecule has 8 amide bonds. The van der Waals surface area contributed by atoms with Crippen LogP contribution in [0, 0.1) is 0 Å². The van der Waals surface area contributed by atoms with Crippen molar-refractivity contribution in [1.82, 2.24) is 42.1 Å². The third kappa shape index (κ3) is 19.5. The van der Waals surface area contributed by atoms with Crippen LogP contribution >= 0.6 is 0 Å². The van der Waals surface area contributed by atoms with Crippen molar-refractivity contribution in [1.29, 1.82) is 0 Å². The van der Waals surface area contributed by atoms with E-state index in [2.05, 4.69) is 42.2 Å². The molecule has 39 heteroatoms. The number of guanidine groups is 1. The van der Waals surface area contributed by atoms with Crippen molar-refractivity contribution in [3.05, 3.63) is 0 Å². The van der Waals surface area contributed by atoms with Crippen LogP contribution in [0.1, 0.15) is 79.1 Å². The summed E-state index contributed by atoms with van der Waals surface area (Å²) in [4.78, 5) is 138. The number of carboxylic acid groups (broad SMARTS) is 2. The molecule has 39 nitrogen and oxygen atoms in total. The van der Waals surface area contributed by atoms with Gasteiger partial charge in [-0.3, -0.25) is 48.1 Å². The summed E-state index contributed by atoms with van der Waals surface area (Å²) in [6, 6.07) is -12.5. The number of aliphatic imine (C=N–C) groups is 1. The van der Waals surface area contributed by atoms with E-state index in [4.69, 9.17) is 45.6 Å². The van der Waals surface area contributed by atoms with Gasteiger partial charge in [-0.1, -0.05) is 0 Å². The zero-order valence-electron chi connectivity index (χ0n) is 50.2. The normalized spacial score (nSPS) is 32.2. The number of carbonyl (C=O) groups is 10. The maximum atomic E-state index is 15.0. The largest absolute Gasteiger partial charge is 0.481 e. The molecule has 0 saturated carbocycles. The lowest BCUT2D eigenvalue weighted by Crippen LogP contribution is -2.71. The molecule has 0 spiro atoms. The number of ether oxygens (including phenoxy) is 6. The van der Waals surface area contributed by atoms with Crippen LogP contribution in [0.3, 0.4) is 0 Å². The van der Waals surface area contributed by atoms with Gasteiger partial charge in [0, 0.05) is 33.4 Å². The van der Waals surface area contributed by atoms with Crippen LogP contribution in [0.15, 0.2) is 4.99 Å². The molecule has 0 aromatic heterocycles. The maximum absolute atomic E-state index is 15.0. The van der Waals surface area contributed by atoms with Gasteiger partial charge in [0.1, 0.15) is 97.3 Å². The number of aliphatic carboxylic acids is 2. The Balaban J connectivity index is 1.54. The number of rotatable bonds is 31. The van der Waals surface area contributed by atoms with Crippen LogP contribution < -0.4 is 54.4 Å². The number of primary amides is 1. The number of nitrogens with two attached hydrogens (primary N) is 3. The molecule has 0 aliphatic carbocycles. The predicted molar refractivity (Wildman–Crippen MR) is 300 cm³/mol. The number of aliphatic hydroxyl groups is 9. The zero-order valence-corrected chi connectivity index (χ0v) is 50.2. The number of likely N-dealkylation sites (tertiary alicyclic amines) is 1. The van der Waals surface area contributed by atoms with E-state index in [9.17, 15) is 99.3 Å². The summed E-state index contributed by atoms with van der Waals surface area (Å²) < 4.78 is 35.4. The van der Waals surface area contributed by atoms with Gasteiger partial charge in [0.15, 0.2) is 18.5 Å². The number of hydrogen-bond acceptors (Lipinski definition) is 27. The van der Waals surface area contributed by atoms with Gasteiger partial charge in [-0.25, -0.2) is 4.79 Å². The summed E-state index contributed by atoms with van der Waals surface area (Å²) in [5, 5.41) is 136. The molecule has 0 aromatic carbocycles. The first-order valence-corrected chi connectivity index (χ1v) is 29.3. The lowest BCUT2D eigenvalue weighted by Gasteiger charge is -2.51. The minimum Gasteiger partial charge on any atom is -0.481 e. The first kappa shape index (κ1) is 75.1. The number of nitrogens with one attached hydrogen (secondary N) is 7. The van der Waals surface area contributed by atoms with Crippen molar-refractivity contribution in [2.24, 2.45) is 22.2 Å². The first-order valence-electron chi connectivity index (χ1n) is 29.3. The summed E-state index contributed by atoms with van der Waals surface area (Å²) in [6.07, 6.45) is -31.1. The molecular formula is C52H86N12O27. The molecule has 5 aliphatic heterocycles. The summed E-state index contributed by atoms with van der Waals surface area (Å²) in [5.74, 6) is -15.0. The SMILES string of the molecule is CC(=O)N[C@H]1[C@@H](O[C@H](C)[C@H](NC(=O)[C@H](CC(=O)O)NC(=O)[C@@H]2CCCN2)C(=O)N[C@@H](CCCN=C(N)N)C(=O)N2CCC[C@H]2C(=O)N[C@@H](C)C(N)=O)O[C@H](CO)[C@H](O)[C@@H]1O[C@@H]1O[C@H](CO)[C@H](O)[C@H](O[C@]2(C(=O)O)C[C@H](O)[C@@H](NC(C)=O)[C@H]([C@H](O)[C@H](O)CO)O2)[C@H]1O. The van der Waals surface area contributed by atoms with Crippen molar-refractivity contribution < 1.29 is 133 Å². The van der Waals surface area contributed by atoms with Crippen molar-refractivity contribution in [2.45, 2.75) is 219 Å². The molecule has 23 atom stereocenters. The summed E-state index contributed by atoms with van der Waals surface area (Å²) >= 11 is 0. The molecule has 516 valence electrons. The third-order valence-electron chi connectivity index (χ3n) is 15.8. The first-order chi connectivity index (χ1) is 42.8. The third-order valence-corrected chi connectivity index (χ3v) is 15.8. The van der Waals surface area contributed by atoms with Gasteiger partial charge in [0.25, 0.3) is 5.79 Å². The van der Waals surface area contributed by atoms with E-state index in [1.807, 2.05) is 0 Å². The Kier molecular flexibility index (Phi) is 27.9.